The van der Waals surface area contributed by atoms with Gasteiger partial charge >= 0.3 is 0 Å². The van der Waals surface area contributed by atoms with E-state index in [2.05, 4.69) is 47.6 Å². The van der Waals surface area contributed by atoms with Crippen LogP contribution >= 0.6 is 0 Å². The minimum absolute atomic E-state index is 0.341. The minimum Gasteiger partial charge on any atom is -0.493 e. The fourth-order valence-electron chi connectivity index (χ4n) is 2.98. The van der Waals surface area contributed by atoms with Crippen LogP contribution in [0.25, 0.3) is 0 Å². The average molecular weight is 282 g/mol. The fourth-order valence-corrected chi connectivity index (χ4v) is 2.98. The molecule has 0 bridgehead atoms. The van der Waals surface area contributed by atoms with Gasteiger partial charge in [-0.2, -0.15) is 0 Å². The Morgan fingerprint density at radius 3 is 2.86 bits per heavy atom. The van der Waals surface area contributed by atoms with Gasteiger partial charge in [-0.15, -0.1) is 0 Å². The predicted molar refractivity (Wildman–Crippen MR) is 84.8 cm³/mol. The van der Waals surface area contributed by atoms with Crippen molar-refractivity contribution >= 4 is 0 Å². The molecule has 2 aromatic rings. The number of likely N-dealkylation sites (N-methyl/N-ethyl adjacent to an activating group) is 1. The van der Waals surface area contributed by atoms with Crippen LogP contribution in [0.4, 0.5) is 0 Å². The number of ether oxygens (including phenoxy) is 1. The fraction of sp³-hybridized carbons (Fsp3) is 0.389. The molecule has 2 unspecified atom stereocenters. The maximum absolute atomic E-state index is 5.81. The average Bonchev–Trinajstić information content (AvgIpc) is 2.97. The lowest BCUT2D eigenvalue weighted by Crippen LogP contribution is -2.35. The number of nitrogens with zero attached hydrogens (tertiary/aromatic N) is 1. The van der Waals surface area contributed by atoms with Crippen molar-refractivity contribution in [1.82, 2.24) is 10.3 Å². The van der Waals surface area contributed by atoms with E-state index in [4.69, 9.17) is 4.74 Å². The van der Waals surface area contributed by atoms with Crippen LogP contribution in [-0.4, -0.2) is 24.7 Å². The summed E-state index contributed by atoms with van der Waals surface area (Å²) in [5.41, 5.74) is 3.73. The first-order chi connectivity index (χ1) is 10.3. The molecule has 0 radical (unpaired) electrons. The highest BCUT2D eigenvalue weighted by Crippen LogP contribution is 2.36. The molecule has 2 heterocycles. The van der Waals surface area contributed by atoms with Crippen molar-refractivity contribution in [3.63, 3.8) is 0 Å². The molecular weight excluding hydrogens is 260 g/mol. The van der Waals surface area contributed by atoms with E-state index in [-0.39, 0.29) is 0 Å². The van der Waals surface area contributed by atoms with Gasteiger partial charge in [-0.05, 0) is 31.2 Å². The van der Waals surface area contributed by atoms with E-state index in [1.165, 1.54) is 11.1 Å². The number of pyridine rings is 1. The van der Waals surface area contributed by atoms with Crippen LogP contribution in [0.5, 0.6) is 5.75 Å². The van der Waals surface area contributed by atoms with Crippen molar-refractivity contribution in [2.24, 2.45) is 0 Å². The number of hydrogen-bond donors (Lipinski definition) is 1. The van der Waals surface area contributed by atoms with Gasteiger partial charge in [-0.1, -0.05) is 31.2 Å². The zero-order chi connectivity index (χ0) is 14.7. The van der Waals surface area contributed by atoms with Crippen molar-refractivity contribution in [3.05, 3.63) is 59.4 Å². The monoisotopic (exact) mass is 282 g/mol. The predicted octanol–water partition coefficient (Wildman–Crippen LogP) is 2.95. The third kappa shape index (κ3) is 2.93. The molecule has 0 spiro atoms. The van der Waals surface area contributed by atoms with Crippen molar-refractivity contribution in [2.45, 2.75) is 31.7 Å². The van der Waals surface area contributed by atoms with Crippen LogP contribution in [0.3, 0.4) is 0 Å². The normalized spacial score (nSPS) is 18.1. The molecule has 3 rings (SSSR count). The van der Waals surface area contributed by atoms with Crippen molar-refractivity contribution in [1.29, 1.82) is 0 Å². The van der Waals surface area contributed by atoms with Crippen molar-refractivity contribution in [2.75, 3.05) is 13.7 Å². The Balaban J connectivity index is 1.76. The van der Waals surface area contributed by atoms with Crippen molar-refractivity contribution in [3.8, 4) is 5.75 Å². The second kappa shape index (κ2) is 6.27. The Kier molecular flexibility index (Phi) is 4.20. The van der Waals surface area contributed by atoms with E-state index in [0.29, 0.717) is 12.0 Å². The summed E-state index contributed by atoms with van der Waals surface area (Å²) < 4.78 is 5.81. The van der Waals surface area contributed by atoms with Gasteiger partial charge in [0.15, 0.2) is 0 Å². The van der Waals surface area contributed by atoms with E-state index < -0.39 is 0 Å². The lowest BCUT2D eigenvalue weighted by molar-refractivity contribution is 0.301. The number of para-hydroxylation sites is 1. The van der Waals surface area contributed by atoms with E-state index in [1.807, 2.05) is 19.3 Å². The van der Waals surface area contributed by atoms with Crippen LogP contribution in [0.2, 0.25) is 0 Å². The van der Waals surface area contributed by atoms with Crippen LogP contribution in [0.15, 0.2) is 42.6 Å². The molecule has 1 aliphatic rings. The van der Waals surface area contributed by atoms with Crippen molar-refractivity contribution < 1.29 is 4.74 Å². The summed E-state index contributed by atoms with van der Waals surface area (Å²) in [6.45, 7) is 2.90. The van der Waals surface area contributed by atoms with Crippen LogP contribution < -0.4 is 10.1 Å². The Morgan fingerprint density at radius 1 is 1.29 bits per heavy atom. The zero-order valence-electron chi connectivity index (χ0n) is 12.7. The highest BCUT2D eigenvalue weighted by Gasteiger charge is 2.30. The molecule has 0 aliphatic carbocycles. The first kappa shape index (κ1) is 14.1. The maximum atomic E-state index is 5.81. The topological polar surface area (TPSA) is 34.1 Å². The summed E-state index contributed by atoms with van der Waals surface area (Å²) in [7, 11) is 2.02. The first-order valence-corrected chi connectivity index (χ1v) is 7.64. The SMILES string of the molecule is CCc1ccc(CC(NC)C2COc3ccccc32)nc1. The molecule has 1 aromatic heterocycles. The van der Waals surface area contributed by atoms with E-state index in [0.717, 1.165) is 30.9 Å². The molecule has 1 N–H and O–H groups in total. The Labute approximate surface area is 126 Å². The molecule has 110 valence electrons. The van der Waals surface area contributed by atoms with E-state index in [9.17, 15) is 0 Å². The van der Waals surface area contributed by atoms with E-state index in [1.54, 1.807) is 0 Å². The van der Waals surface area contributed by atoms with Gasteiger partial charge in [0.25, 0.3) is 0 Å². The summed E-state index contributed by atoms with van der Waals surface area (Å²) in [6.07, 6.45) is 3.94. The lowest BCUT2D eigenvalue weighted by Gasteiger charge is -2.22. The van der Waals surface area contributed by atoms with Gasteiger partial charge in [-0.3, -0.25) is 4.98 Å². The second-order valence-corrected chi connectivity index (χ2v) is 5.57. The summed E-state index contributed by atoms with van der Waals surface area (Å²) in [5, 5.41) is 3.44. The van der Waals surface area contributed by atoms with Gasteiger partial charge in [-0.25, -0.2) is 0 Å². The molecule has 3 heteroatoms. The number of aryl methyl sites for hydroxylation is 1. The Morgan fingerprint density at radius 2 is 2.14 bits per heavy atom. The maximum Gasteiger partial charge on any atom is 0.122 e. The molecule has 2 atom stereocenters. The van der Waals surface area contributed by atoms with Gasteiger partial charge in [0.1, 0.15) is 5.75 Å². The standard InChI is InChI=1S/C18H22N2O/c1-3-13-8-9-14(20-11-13)10-17(19-2)16-12-21-18-7-5-4-6-15(16)18/h4-9,11,16-17,19H,3,10,12H2,1-2H3. The Hall–Kier alpha value is -1.87. The minimum atomic E-state index is 0.341. The number of rotatable bonds is 5. The quantitative estimate of drug-likeness (QED) is 0.915. The summed E-state index contributed by atoms with van der Waals surface area (Å²) in [4.78, 5) is 4.58. The summed E-state index contributed by atoms with van der Waals surface area (Å²) >= 11 is 0. The largest absolute Gasteiger partial charge is 0.493 e. The van der Waals surface area contributed by atoms with Crippen LogP contribution in [0, 0.1) is 0 Å². The molecular formula is C18H22N2O. The molecule has 0 saturated carbocycles. The van der Waals surface area contributed by atoms with Gasteiger partial charge in [0, 0.05) is 35.8 Å². The molecule has 1 aliphatic heterocycles. The highest BCUT2D eigenvalue weighted by molar-refractivity contribution is 5.40. The van der Waals surface area contributed by atoms with Gasteiger partial charge in [0.2, 0.25) is 0 Å². The number of benzene rings is 1. The Bertz CT molecular complexity index is 594. The molecule has 1 aromatic carbocycles. The molecule has 0 saturated heterocycles. The zero-order valence-corrected chi connectivity index (χ0v) is 12.7. The van der Waals surface area contributed by atoms with E-state index >= 15 is 0 Å². The lowest BCUT2D eigenvalue weighted by atomic mass is 9.90. The number of fused-ring (bicyclic) bond motifs is 1. The first-order valence-electron chi connectivity index (χ1n) is 7.64. The van der Waals surface area contributed by atoms with Gasteiger partial charge < -0.3 is 10.1 Å². The summed E-state index contributed by atoms with van der Waals surface area (Å²) in [5.74, 6) is 1.41. The number of nitrogens with one attached hydrogen (secondary N) is 1. The smallest absolute Gasteiger partial charge is 0.122 e. The van der Waals surface area contributed by atoms with Gasteiger partial charge in [0.05, 0.1) is 6.61 Å². The second-order valence-electron chi connectivity index (χ2n) is 5.57. The molecule has 0 fully saturated rings. The third-order valence-corrected chi connectivity index (χ3v) is 4.32. The molecule has 3 nitrogen and oxygen atoms in total. The van der Waals surface area contributed by atoms with Crippen LogP contribution in [0.1, 0.15) is 29.7 Å². The number of hydrogen-bond acceptors (Lipinski definition) is 3. The summed E-state index contributed by atoms with van der Waals surface area (Å²) in [6, 6.07) is 13.0. The number of aromatic nitrogens is 1. The highest BCUT2D eigenvalue weighted by atomic mass is 16.5. The third-order valence-electron chi connectivity index (χ3n) is 4.32. The molecule has 0 amide bonds. The van der Waals surface area contributed by atoms with Crippen LogP contribution in [-0.2, 0) is 12.8 Å². The molecule has 21 heavy (non-hydrogen) atoms.